The van der Waals surface area contributed by atoms with Crippen molar-refractivity contribution in [1.82, 2.24) is 10.3 Å². The lowest BCUT2D eigenvalue weighted by Gasteiger charge is -2.07. The molecule has 1 amide bonds. The number of hydrogen-bond acceptors (Lipinski definition) is 4. The van der Waals surface area contributed by atoms with E-state index in [0.29, 0.717) is 12.1 Å². The van der Waals surface area contributed by atoms with E-state index in [4.69, 9.17) is 4.74 Å². The van der Waals surface area contributed by atoms with Crippen molar-refractivity contribution < 1.29 is 9.53 Å². The lowest BCUT2D eigenvalue weighted by Crippen LogP contribution is -2.25. The summed E-state index contributed by atoms with van der Waals surface area (Å²) >= 11 is 1.57. The number of carbonyl (C=O) groups is 1. The molecule has 1 N–H and O–H groups in total. The van der Waals surface area contributed by atoms with Crippen molar-refractivity contribution in [2.24, 2.45) is 0 Å². The van der Waals surface area contributed by atoms with Gasteiger partial charge in [0, 0.05) is 12.1 Å². The van der Waals surface area contributed by atoms with Gasteiger partial charge in [0.25, 0.3) is 5.91 Å². The minimum atomic E-state index is -0.0715. The van der Waals surface area contributed by atoms with Gasteiger partial charge in [-0.2, -0.15) is 0 Å². The maximum Gasteiger partial charge on any atom is 0.251 e. The number of methoxy groups -OCH3 is 1. The van der Waals surface area contributed by atoms with Crippen molar-refractivity contribution in [1.29, 1.82) is 0 Å². The first-order valence-electron chi connectivity index (χ1n) is 7.00. The quantitative estimate of drug-likeness (QED) is 0.786. The van der Waals surface area contributed by atoms with E-state index < -0.39 is 0 Å². The van der Waals surface area contributed by atoms with Crippen molar-refractivity contribution in [2.75, 3.05) is 13.7 Å². The molecule has 0 spiro atoms. The fraction of sp³-hybridized carbons (Fsp3) is 0.176. The van der Waals surface area contributed by atoms with E-state index in [2.05, 4.69) is 10.3 Å². The molecule has 112 valence electrons. The van der Waals surface area contributed by atoms with Gasteiger partial charge in [-0.05, 0) is 42.3 Å². The molecule has 3 aromatic rings. The van der Waals surface area contributed by atoms with Crippen LogP contribution in [0.25, 0.3) is 10.2 Å². The summed E-state index contributed by atoms with van der Waals surface area (Å²) < 4.78 is 6.28. The molecule has 4 nitrogen and oxygen atoms in total. The van der Waals surface area contributed by atoms with Crippen LogP contribution in [0.1, 0.15) is 15.9 Å². The highest BCUT2D eigenvalue weighted by atomic mass is 32.1. The number of carbonyl (C=O) groups excluding carboxylic acids is 1. The Morgan fingerprint density at radius 1 is 1.27 bits per heavy atom. The van der Waals surface area contributed by atoms with E-state index in [9.17, 15) is 4.79 Å². The molecule has 0 bridgehead atoms. The Morgan fingerprint density at radius 3 is 3.05 bits per heavy atom. The second-order valence-electron chi connectivity index (χ2n) is 4.89. The highest BCUT2D eigenvalue weighted by Crippen LogP contribution is 2.18. The van der Waals surface area contributed by atoms with Crippen LogP contribution in [0.4, 0.5) is 0 Å². The van der Waals surface area contributed by atoms with Crippen LogP contribution in [0.2, 0.25) is 0 Å². The van der Waals surface area contributed by atoms with Gasteiger partial charge in [0.15, 0.2) is 0 Å². The fourth-order valence-electron chi connectivity index (χ4n) is 2.25. The monoisotopic (exact) mass is 312 g/mol. The number of aromatic nitrogens is 1. The molecule has 22 heavy (non-hydrogen) atoms. The van der Waals surface area contributed by atoms with Crippen LogP contribution < -0.4 is 10.1 Å². The Morgan fingerprint density at radius 2 is 2.18 bits per heavy atom. The van der Waals surface area contributed by atoms with E-state index >= 15 is 0 Å². The zero-order valence-corrected chi connectivity index (χ0v) is 13.0. The van der Waals surface area contributed by atoms with E-state index in [-0.39, 0.29) is 5.91 Å². The number of benzene rings is 2. The number of nitrogens with one attached hydrogen (secondary N) is 1. The fourth-order valence-corrected chi connectivity index (χ4v) is 2.91. The highest BCUT2D eigenvalue weighted by Gasteiger charge is 2.07. The van der Waals surface area contributed by atoms with Gasteiger partial charge in [0.05, 0.1) is 22.8 Å². The summed E-state index contributed by atoms with van der Waals surface area (Å²) in [6, 6.07) is 13.5. The number of ether oxygens (including phenoxy) is 1. The first kappa shape index (κ1) is 14.5. The third kappa shape index (κ3) is 3.26. The Labute approximate surface area is 132 Å². The second-order valence-corrected chi connectivity index (χ2v) is 5.78. The summed E-state index contributed by atoms with van der Waals surface area (Å²) in [5.74, 6) is 0.760. The third-order valence-corrected chi connectivity index (χ3v) is 4.24. The van der Waals surface area contributed by atoms with Crippen LogP contribution >= 0.6 is 11.3 Å². The molecule has 0 aliphatic rings. The maximum absolute atomic E-state index is 12.2. The van der Waals surface area contributed by atoms with Crippen LogP contribution in [-0.2, 0) is 6.42 Å². The van der Waals surface area contributed by atoms with Crippen molar-refractivity contribution in [3.8, 4) is 5.75 Å². The van der Waals surface area contributed by atoms with Crippen LogP contribution in [0, 0.1) is 0 Å². The average Bonchev–Trinajstić information content (AvgIpc) is 3.02. The minimum Gasteiger partial charge on any atom is -0.497 e. The van der Waals surface area contributed by atoms with Gasteiger partial charge in [0.2, 0.25) is 0 Å². The topological polar surface area (TPSA) is 51.2 Å². The summed E-state index contributed by atoms with van der Waals surface area (Å²) in [5.41, 5.74) is 4.43. The number of fused-ring (bicyclic) bond motifs is 1. The minimum absolute atomic E-state index is 0.0715. The Kier molecular flexibility index (Phi) is 4.34. The van der Waals surface area contributed by atoms with Crippen LogP contribution in [0.5, 0.6) is 5.75 Å². The number of amides is 1. The van der Waals surface area contributed by atoms with E-state index in [1.807, 2.05) is 42.5 Å². The van der Waals surface area contributed by atoms with Gasteiger partial charge in [-0.25, -0.2) is 4.98 Å². The molecule has 2 aromatic carbocycles. The maximum atomic E-state index is 12.2. The summed E-state index contributed by atoms with van der Waals surface area (Å²) in [6.07, 6.45) is 0.766. The third-order valence-electron chi connectivity index (χ3n) is 3.43. The molecule has 3 rings (SSSR count). The first-order chi connectivity index (χ1) is 10.8. The van der Waals surface area contributed by atoms with Crippen molar-refractivity contribution in [3.63, 3.8) is 0 Å². The zero-order valence-electron chi connectivity index (χ0n) is 12.2. The van der Waals surface area contributed by atoms with Gasteiger partial charge in [-0.15, -0.1) is 11.3 Å². The van der Waals surface area contributed by atoms with Gasteiger partial charge in [-0.3, -0.25) is 4.79 Å². The summed E-state index contributed by atoms with van der Waals surface area (Å²) in [4.78, 5) is 16.4. The number of thiazole rings is 1. The molecule has 0 atom stereocenters. The SMILES string of the molecule is COc1cccc(CCNC(=O)c2ccc3scnc3c2)c1. The second kappa shape index (κ2) is 6.58. The largest absolute Gasteiger partial charge is 0.497 e. The number of hydrogen-bond donors (Lipinski definition) is 1. The molecular weight excluding hydrogens is 296 g/mol. The molecule has 0 aliphatic heterocycles. The molecule has 0 saturated heterocycles. The normalized spacial score (nSPS) is 10.6. The van der Waals surface area contributed by atoms with Crippen LogP contribution in [0.15, 0.2) is 48.0 Å². The van der Waals surface area contributed by atoms with E-state index in [1.165, 1.54) is 0 Å². The lowest BCUT2D eigenvalue weighted by atomic mass is 10.1. The van der Waals surface area contributed by atoms with Crippen molar-refractivity contribution in [3.05, 3.63) is 59.1 Å². The molecule has 0 radical (unpaired) electrons. The molecule has 0 saturated carbocycles. The summed E-state index contributed by atoms with van der Waals surface area (Å²) in [6.45, 7) is 0.584. The molecule has 5 heteroatoms. The molecule has 1 heterocycles. The van der Waals surface area contributed by atoms with Gasteiger partial charge in [0.1, 0.15) is 5.75 Å². The summed E-state index contributed by atoms with van der Waals surface area (Å²) in [5, 5.41) is 2.94. The lowest BCUT2D eigenvalue weighted by molar-refractivity contribution is 0.0954. The predicted octanol–water partition coefficient (Wildman–Crippen LogP) is 3.28. The van der Waals surface area contributed by atoms with E-state index in [0.717, 1.165) is 28.0 Å². The van der Waals surface area contributed by atoms with Gasteiger partial charge >= 0.3 is 0 Å². The average molecular weight is 312 g/mol. The number of nitrogens with zero attached hydrogens (tertiary/aromatic N) is 1. The zero-order chi connectivity index (χ0) is 15.4. The molecular formula is C17H16N2O2S. The highest BCUT2D eigenvalue weighted by molar-refractivity contribution is 7.16. The molecule has 0 unspecified atom stereocenters. The first-order valence-corrected chi connectivity index (χ1v) is 7.88. The van der Waals surface area contributed by atoms with E-state index in [1.54, 1.807) is 24.0 Å². The van der Waals surface area contributed by atoms with Crippen molar-refractivity contribution in [2.45, 2.75) is 6.42 Å². The van der Waals surface area contributed by atoms with Crippen LogP contribution in [-0.4, -0.2) is 24.5 Å². The summed E-state index contributed by atoms with van der Waals surface area (Å²) in [7, 11) is 1.65. The number of rotatable bonds is 5. The van der Waals surface area contributed by atoms with Gasteiger partial charge in [-0.1, -0.05) is 12.1 Å². The Bertz CT molecular complexity index is 798. The molecule has 0 aliphatic carbocycles. The van der Waals surface area contributed by atoms with Crippen molar-refractivity contribution >= 4 is 27.5 Å². The standard InChI is InChI=1S/C17H16N2O2S/c1-21-14-4-2-3-12(9-14)7-8-18-17(20)13-5-6-16-15(10-13)19-11-22-16/h2-6,9-11H,7-8H2,1H3,(H,18,20). The Balaban J connectivity index is 1.59. The van der Waals surface area contributed by atoms with Gasteiger partial charge < -0.3 is 10.1 Å². The Hall–Kier alpha value is -2.40. The molecule has 1 aromatic heterocycles. The smallest absolute Gasteiger partial charge is 0.251 e. The predicted molar refractivity (Wildman–Crippen MR) is 88.7 cm³/mol. The molecule has 0 fully saturated rings. The van der Waals surface area contributed by atoms with Crippen LogP contribution in [0.3, 0.4) is 0 Å².